The molecule has 0 aromatic heterocycles. The molecule has 1 aromatic carbocycles. The second-order valence-electron chi connectivity index (χ2n) is 5.58. The number of alkyl halides is 3. The first-order chi connectivity index (χ1) is 10.9. The van der Waals surface area contributed by atoms with Crippen molar-refractivity contribution in [3.63, 3.8) is 0 Å². The van der Waals surface area contributed by atoms with Crippen LogP contribution in [0, 0.1) is 0 Å². The Hall–Kier alpha value is -0.680. The molecule has 0 bridgehead atoms. The first kappa shape index (κ1) is 18.7. The van der Waals surface area contributed by atoms with Crippen molar-refractivity contribution in [3.05, 3.63) is 24.3 Å². The van der Waals surface area contributed by atoms with Gasteiger partial charge in [0.25, 0.3) is 9.70 Å². The van der Waals surface area contributed by atoms with E-state index in [1.807, 2.05) is 0 Å². The maximum Gasteiger partial charge on any atom is 0.276 e. The van der Waals surface area contributed by atoms with Gasteiger partial charge in [0.15, 0.2) is 0 Å². The minimum absolute atomic E-state index is 0.557. The zero-order valence-electron chi connectivity index (χ0n) is 12.9. The Morgan fingerprint density at radius 2 is 1.78 bits per heavy atom. The lowest BCUT2D eigenvalue weighted by Crippen LogP contribution is -2.31. The summed E-state index contributed by atoms with van der Waals surface area (Å²) in [4.78, 5) is 14.0. The summed E-state index contributed by atoms with van der Waals surface area (Å²) in [5.41, 5.74) is 0.557. The number of anilines is 1. The van der Waals surface area contributed by atoms with Crippen molar-refractivity contribution in [3.8, 4) is 5.75 Å². The molecule has 1 amide bonds. The van der Waals surface area contributed by atoms with Gasteiger partial charge in [-0.25, -0.2) is 0 Å². The molecular formula is C16H21Cl3N2O2. The summed E-state index contributed by atoms with van der Waals surface area (Å²) in [6, 6.07) is 7.01. The van der Waals surface area contributed by atoms with Crippen LogP contribution in [-0.2, 0) is 4.79 Å². The van der Waals surface area contributed by atoms with Crippen LogP contribution in [0.1, 0.15) is 25.7 Å². The van der Waals surface area contributed by atoms with Crippen molar-refractivity contribution in [1.29, 1.82) is 0 Å². The van der Waals surface area contributed by atoms with Crippen molar-refractivity contribution in [2.75, 3.05) is 31.6 Å². The molecule has 7 heteroatoms. The third kappa shape index (κ3) is 6.76. The fourth-order valence-corrected chi connectivity index (χ4v) is 2.64. The summed E-state index contributed by atoms with van der Waals surface area (Å²) in [5.74, 6) is 0.0771. The van der Waals surface area contributed by atoms with Crippen LogP contribution in [0.15, 0.2) is 24.3 Å². The number of carbonyl (C=O) groups excluding carboxylic acids is 1. The molecule has 0 spiro atoms. The highest BCUT2D eigenvalue weighted by molar-refractivity contribution is 6.76. The molecule has 2 rings (SSSR count). The van der Waals surface area contributed by atoms with Gasteiger partial charge in [0, 0.05) is 12.2 Å². The number of rotatable bonds is 6. The number of amides is 1. The summed E-state index contributed by atoms with van der Waals surface area (Å²) in [5, 5.41) is 2.52. The van der Waals surface area contributed by atoms with E-state index in [2.05, 4.69) is 10.2 Å². The van der Waals surface area contributed by atoms with Crippen LogP contribution in [0.5, 0.6) is 5.75 Å². The largest absolute Gasteiger partial charge is 0.494 e. The Morgan fingerprint density at radius 1 is 1.13 bits per heavy atom. The van der Waals surface area contributed by atoms with E-state index in [9.17, 15) is 4.79 Å². The molecule has 0 unspecified atom stereocenters. The predicted molar refractivity (Wildman–Crippen MR) is 95.8 cm³/mol. The summed E-state index contributed by atoms with van der Waals surface area (Å²) in [6.07, 6.45) is 4.98. The van der Waals surface area contributed by atoms with Gasteiger partial charge in [0.2, 0.25) is 0 Å². The fourth-order valence-electron chi connectivity index (χ4n) is 2.50. The van der Waals surface area contributed by atoms with Gasteiger partial charge in [-0.2, -0.15) is 0 Å². The maximum absolute atomic E-state index is 11.5. The van der Waals surface area contributed by atoms with Crippen LogP contribution in [0.2, 0.25) is 0 Å². The van der Waals surface area contributed by atoms with Gasteiger partial charge in [-0.05, 0) is 56.6 Å². The Labute approximate surface area is 152 Å². The van der Waals surface area contributed by atoms with Crippen molar-refractivity contribution in [2.45, 2.75) is 29.5 Å². The van der Waals surface area contributed by atoms with E-state index in [1.54, 1.807) is 24.3 Å². The van der Waals surface area contributed by atoms with Gasteiger partial charge in [0.05, 0.1) is 6.61 Å². The Morgan fingerprint density at radius 3 is 2.39 bits per heavy atom. The summed E-state index contributed by atoms with van der Waals surface area (Å²) in [6.45, 7) is 4.17. The SMILES string of the molecule is O=C(Nc1ccc(OCCCN2CCCCC2)cc1)C(Cl)(Cl)Cl. The third-order valence-electron chi connectivity index (χ3n) is 3.71. The van der Waals surface area contributed by atoms with Crippen LogP contribution >= 0.6 is 34.8 Å². The van der Waals surface area contributed by atoms with E-state index < -0.39 is 9.70 Å². The number of piperidine rings is 1. The standard InChI is InChI=1S/C16H21Cl3N2O2/c17-16(18,19)15(22)20-13-5-7-14(8-6-13)23-12-4-11-21-9-2-1-3-10-21/h5-8H,1-4,9-12H2,(H,20,22). The maximum atomic E-state index is 11.5. The lowest BCUT2D eigenvalue weighted by molar-refractivity contribution is -0.115. The summed E-state index contributed by atoms with van der Waals surface area (Å²) < 4.78 is 3.74. The van der Waals surface area contributed by atoms with Crippen LogP contribution in [0.4, 0.5) is 5.69 Å². The van der Waals surface area contributed by atoms with Gasteiger partial charge in [0.1, 0.15) is 5.75 Å². The molecule has 1 fully saturated rings. The number of nitrogens with one attached hydrogen (secondary N) is 1. The first-order valence-electron chi connectivity index (χ1n) is 7.78. The topological polar surface area (TPSA) is 41.6 Å². The van der Waals surface area contributed by atoms with E-state index in [4.69, 9.17) is 39.5 Å². The number of likely N-dealkylation sites (tertiary alicyclic amines) is 1. The summed E-state index contributed by atoms with van der Waals surface area (Å²) >= 11 is 16.5. The number of nitrogens with zero attached hydrogens (tertiary/aromatic N) is 1. The molecule has 128 valence electrons. The van der Waals surface area contributed by atoms with Gasteiger partial charge < -0.3 is 15.0 Å². The van der Waals surface area contributed by atoms with E-state index >= 15 is 0 Å². The van der Waals surface area contributed by atoms with Crippen molar-refractivity contribution < 1.29 is 9.53 Å². The lowest BCUT2D eigenvalue weighted by Gasteiger charge is -2.26. The molecule has 1 N–H and O–H groups in total. The second kappa shape index (κ2) is 8.97. The lowest BCUT2D eigenvalue weighted by atomic mass is 10.1. The van der Waals surface area contributed by atoms with Crippen molar-refractivity contribution >= 4 is 46.4 Å². The molecular weight excluding hydrogens is 359 g/mol. The summed E-state index contributed by atoms with van der Waals surface area (Å²) in [7, 11) is 0. The minimum Gasteiger partial charge on any atom is -0.494 e. The number of hydrogen-bond acceptors (Lipinski definition) is 3. The van der Waals surface area contributed by atoms with Crippen molar-refractivity contribution in [1.82, 2.24) is 4.90 Å². The molecule has 1 aromatic rings. The average Bonchev–Trinajstić information content (AvgIpc) is 2.53. The molecule has 0 aliphatic carbocycles. The van der Waals surface area contributed by atoms with E-state index in [-0.39, 0.29) is 0 Å². The van der Waals surface area contributed by atoms with Crippen LogP contribution < -0.4 is 10.1 Å². The van der Waals surface area contributed by atoms with Gasteiger partial charge in [-0.15, -0.1) is 0 Å². The molecule has 1 aliphatic heterocycles. The Bertz CT molecular complexity index is 497. The minimum atomic E-state index is -1.97. The number of halogens is 3. The molecule has 0 atom stereocenters. The smallest absolute Gasteiger partial charge is 0.276 e. The molecule has 0 radical (unpaired) electrons. The highest BCUT2D eigenvalue weighted by Crippen LogP contribution is 2.28. The molecule has 1 saturated heterocycles. The molecule has 1 aliphatic rings. The molecule has 0 saturated carbocycles. The van der Waals surface area contributed by atoms with E-state index in [1.165, 1.54) is 32.4 Å². The van der Waals surface area contributed by atoms with Gasteiger partial charge in [-0.3, -0.25) is 4.79 Å². The number of carbonyl (C=O) groups is 1. The molecule has 23 heavy (non-hydrogen) atoms. The molecule has 4 nitrogen and oxygen atoms in total. The third-order valence-corrected chi connectivity index (χ3v) is 4.22. The van der Waals surface area contributed by atoms with E-state index in [0.29, 0.717) is 12.3 Å². The highest BCUT2D eigenvalue weighted by Gasteiger charge is 2.30. The highest BCUT2D eigenvalue weighted by atomic mass is 35.6. The van der Waals surface area contributed by atoms with Crippen LogP contribution in [0.3, 0.4) is 0 Å². The van der Waals surface area contributed by atoms with E-state index in [0.717, 1.165) is 18.7 Å². The molecule has 1 heterocycles. The fraction of sp³-hybridized carbons (Fsp3) is 0.562. The van der Waals surface area contributed by atoms with Crippen LogP contribution in [-0.4, -0.2) is 40.8 Å². The van der Waals surface area contributed by atoms with Gasteiger partial charge in [-0.1, -0.05) is 41.2 Å². The predicted octanol–water partition coefficient (Wildman–Crippen LogP) is 4.25. The Balaban J connectivity index is 1.69. The normalized spacial score (nSPS) is 16.1. The zero-order valence-corrected chi connectivity index (χ0v) is 15.1. The number of benzene rings is 1. The number of hydrogen-bond donors (Lipinski definition) is 1. The average molecular weight is 380 g/mol. The number of ether oxygens (including phenoxy) is 1. The first-order valence-corrected chi connectivity index (χ1v) is 8.92. The second-order valence-corrected chi connectivity index (χ2v) is 7.86. The zero-order chi connectivity index (χ0) is 16.7. The van der Waals surface area contributed by atoms with Gasteiger partial charge >= 0.3 is 0 Å². The Kier molecular flexibility index (Phi) is 7.28. The monoisotopic (exact) mass is 378 g/mol. The van der Waals surface area contributed by atoms with Crippen molar-refractivity contribution in [2.24, 2.45) is 0 Å². The van der Waals surface area contributed by atoms with Crippen LogP contribution in [0.25, 0.3) is 0 Å². The quantitative estimate of drug-likeness (QED) is 0.593.